The van der Waals surface area contributed by atoms with Crippen LogP contribution >= 0.6 is 23.4 Å². The first-order valence-electron chi connectivity index (χ1n) is 11.0. The van der Waals surface area contributed by atoms with Crippen LogP contribution in [0.3, 0.4) is 0 Å². The lowest BCUT2D eigenvalue weighted by molar-refractivity contribution is -0.0949. The number of nitrogens with zero attached hydrogens (tertiary/aromatic N) is 2. The summed E-state index contributed by atoms with van der Waals surface area (Å²) in [5.41, 5.74) is 3.55. The number of ether oxygens (including phenoxy) is 2. The van der Waals surface area contributed by atoms with Crippen molar-refractivity contribution in [1.29, 1.82) is 0 Å². The van der Waals surface area contributed by atoms with Crippen molar-refractivity contribution in [1.82, 2.24) is 10.3 Å². The summed E-state index contributed by atoms with van der Waals surface area (Å²) < 4.78 is 11.8. The van der Waals surface area contributed by atoms with Crippen LogP contribution < -0.4 is 14.8 Å². The standard InChI is InChI=1S/C26H20ClN3O4S/c1-33-23-11-15(7-9-21(23)31)12-24-26(28-25(32)35-24)30-20(18-13-17(27)8-10-22(18)34-26)14-19(29-30)16-5-3-2-4-6-16/h2-13,20,31H,14H2,1H3,(H,28,32)/b24-12-. The molecule has 9 heteroatoms. The lowest BCUT2D eigenvalue weighted by Gasteiger charge is -2.45. The summed E-state index contributed by atoms with van der Waals surface area (Å²) in [6.07, 6.45) is 2.47. The normalized spacial score (nSPS) is 23.5. The number of nitrogens with one attached hydrogen (secondary N) is 1. The van der Waals surface area contributed by atoms with Crippen molar-refractivity contribution in [3.8, 4) is 17.2 Å². The SMILES string of the molecule is COc1cc(/C=C2\SC(=O)NC23Oc2ccc(Cl)cc2C2CC(c4ccccc4)=NN23)ccc1O. The predicted octanol–water partition coefficient (Wildman–Crippen LogP) is 5.75. The Morgan fingerprint density at radius 3 is 2.86 bits per heavy atom. The van der Waals surface area contributed by atoms with Crippen LogP contribution in [-0.4, -0.2) is 34.0 Å². The van der Waals surface area contributed by atoms with Crippen LogP contribution in [0.5, 0.6) is 17.2 Å². The first-order valence-corrected chi connectivity index (χ1v) is 12.2. The molecular formula is C26H20ClN3O4S. The van der Waals surface area contributed by atoms with E-state index in [-0.39, 0.29) is 17.0 Å². The molecule has 1 fully saturated rings. The second-order valence-corrected chi connectivity index (χ2v) is 9.81. The van der Waals surface area contributed by atoms with Gasteiger partial charge in [0.05, 0.1) is 23.8 Å². The highest BCUT2D eigenvalue weighted by Gasteiger charge is 2.58. The van der Waals surface area contributed by atoms with E-state index >= 15 is 0 Å². The van der Waals surface area contributed by atoms with Crippen LogP contribution in [0.15, 0.2) is 76.7 Å². The lowest BCUT2D eigenvalue weighted by atomic mass is 9.95. The summed E-state index contributed by atoms with van der Waals surface area (Å²) in [6.45, 7) is 0. The third kappa shape index (κ3) is 3.61. The fourth-order valence-electron chi connectivity index (χ4n) is 4.63. The Bertz CT molecular complexity index is 1410. The minimum Gasteiger partial charge on any atom is -0.504 e. The van der Waals surface area contributed by atoms with E-state index < -0.39 is 5.85 Å². The number of methoxy groups -OCH3 is 1. The number of fused-ring (bicyclic) bond motifs is 4. The number of carbonyl (C=O) groups excluding carboxylic acids is 1. The molecule has 3 heterocycles. The zero-order chi connectivity index (χ0) is 24.2. The van der Waals surface area contributed by atoms with Gasteiger partial charge in [-0.2, -0.15) is 5.10 Å². The number of benzene rings is 3. The molecule has 0 radical (unpaired) electrons. The van der Waals surface area contributed by atoms with E-state index in [9.17, 15) is 9.90 Å². The highest BCUT2D eigenvalue weighted by molar-refractivity contribution is 8.17. The summed E-state index contributed by atoms with van der Waals surface area (Å²) in [4.78, 5) is 13.4. The van der Waals surface area contributed by atoms with E-state index in [1.165, 1.54) is 7.11 Å². The van der Waals surface area contributed by atoms with Crippen molar-refractivity contribution in [2.45, 2.75) is 18.3 Å². The molecule has 0 aromatic heterocycles. The third-order valence-corrected chi connectivity index (χ3v) is 7.38. The maximum atomic E-state index is 12.8. The number of phenols is 1. The molecule has 6 rings (SSSR count). The number of thioether (sulfide) groups is 1. The Morgan fingerprint density at radius 1 is 1.23 bits per heavy atom. The average molecular weight is 506 g/mol. The van der Waals surface area contributed by atoms with Crippen molar-refractivity contribution in [3.63, 3.8) is 0 Å². The molecule has 2 N–H and O–H groups in total. The molecule has 1 spiro atoms. The highest BCUT2D eigenvalue weighted by Crippen LogP contribution is 2.53. The predicted molar refractivity (Wildman–Crippen MR) is 136 cm³/mol. The Hall–Kier alpha value is -3.62. The molecule has 1 saturated heterocycles. The topological polar surface area (TPSA) is 83.4 Å². The molecular weight excluding hydrogens is 486 g/mol. The average Bonchev–Trinajstić information content (AvgIpc) is 3.44. The summed E-state index contributed by atoms with van der Waals surface area (Å²) >= 11 is 7.40. The van der Waals surface area contributed by atoms with Gasteiger partial charge in [0.1, 0.15) is 5.75 Å². The highest BCUT2D eigenvalue weighted by atomic mass is 35.5. The fourth-order valence-corrected chi connectivity index (χ4v) is 5.72. The van der Waals surface area contributed by atoms with Crippen molar-refractivity contribution < 1.29 is 19.4 Å². The number of amides is 1. The van der Waals surface area contributed by atoms with Crippen molar-refractivity contribution >= 4 is 40.4 Å². The minimum atomic E-state index is -1.32. The van der Waals surface area contributed by atoms with Gasteiger partial charge in [0.25, 0.3) is 5.24 Å². The molecule has 0 bridgehead atoms. The van der Waals surface area contributed by atoms with Crippen LogP contribution in [0.25, 0.3) is 6.08 Å². The first kappa shape index (κ1) is 21.9. The van der Waals surface area contributed by atoms with Crippen LogP contribution in [0.1, 0.15) is 29.2 Å². The zero-order valence-electron chi connectivity index (χ0n) is 18.6. The quantitative estimate of drug-likeness (QED) is 0.471. The maximum absolute atomic E-state index is 12.8. The molecule has 2 atom stereocenters. The van der Waals surface area contributed by atoms with Gasteiger partial charge in [0, 0.05) is 17.0 Å². The Balaban J connectivity index is 1.51. The van der Waals surface area contributed by atoms with Gasteiger partial charge < -0.3 is 14.6 Å². The number of carbonyl (C=O) groups is 1. The van der Waals surface area contributed by atoms with Gasteiger partial charge in [-0.25, -0.2) is 5.01 Å². The molecule has 2 unspecified atom stereocenters. The van der Waals surface area contributed by atoms with E-state index in [1.54, 1.807) is 24.3 Å². The van der Waals surface area contributed by atoms with Gasteiger partial charge in [-0.05, 0) is 59.3 Å². The molecule has 35 heavy (non-hydrogen) atoms. The van der Waals surface area contributed by atoms with E-state index in [1.807, 2.05) is 53.5 Å². The largest absolute Gasteiger partial charge is 0.504 e. The van der Waals surface area contributed by atoms with Crippen LogP contribution in [0.2, 0.25) is 5.02 Å². The van der Waals surface area contributed by atoms with Gasteiger partial charge in [0.15, 0.2) is 11.5 Å². The van der Waals surface area contributed by atoms with Crippen LogP contribution in [-0.2, 0) is 0 Å². The number of hydrogen-bond acceptors (Lipinski definition) is 7. The second-order valence-electron chi connectivity index (χ2n) is 8.36. The molecule has 176 valence electrons. The van der Waals surface area contributed by atoms with E-state index in [0.717, 1.165) is 34.2 Å². The van der Waals surface area contributed by atoms with Gasteiger partial charge in [-0.1, -0.05) is 48.0 Å². The zero-order valence-corrected chi connectivity index (χ0v) is 20.1. The smallest absolute Gasteiger partial charge is 0.314 e. The van der Waals surface area contributed by atoms with Gasteiger partial charge in [-0.15, -0.1) is 0 Å². The summed E-state index contributed by atoms with van der Waals surface area (Å²) in [6, 6.07) is 20.3. The number of aromatic hydroxyl groups is 1. The molecule has 3 aliphatic rings. The Labute approximate surface area is 211 Å². The minimum absolute atomic E-state index is 0.0362. The molecule has 7 nitrogen and oxygen atoms in total. The van der Waals surface area contributed by atoms with Crippen molar-refractivity contribution in [2.24, 2.45) is 5.10 Å². The molecule has 3 aliphatic heterocycles. The van der Waals surface area contributed by atoms with Crippen LogP contribution in [0.4, 0.5) is 4.79 Å². The maximum Gasteiger partial charge on any atom is 0.314 e. The second kappa shape index (κ2) is 8.25. The Kier molecular flexibility index (Phi) is 5.16. The Morgan fingerprint density at radius 2 is 2.06 bits per heavy atom. The van der Waals surface area contributed by atoms with Crippen LogP contribution in [0, 0.1) is 0 Å². The number of hydrogen-bond donors (Lipinski definition) is 2. The number of phenolic OH excluding ortho intramolecular Hbond substituents is 1. The number of hydrazone groups is 1. The monoisotopic (exact) mass is 505 g/mol. The number of halogens is 1. The van der Waals surface area contributed by atoms with Gasteiger partial charge in [-0.3, -0.25) is 10.1 Å². The molecule has 0 aliphatic carbocycles. The van der Waals surface area contributed by atoms with Crippen molar-refractivity contribution in [2.75, 3.05) is 7.11 Å². The molecule has 3 aromatic carbocycles. The summed E-state index contributed by atoms with van der Waals surface area (Å²) in [5, 5.41) is 20.2. The van der Waals surface area contributed by atoms with E-state index in [4.69, 9.17) is 26.2 Å². The summed E-state index contributed by atoms with van der Waals surface area (Å²) in [5.74, 6) is -0.315. The molecule has 1 amide bonds. The fraction of sp³-hybridized carbons (Fsp3) is 0.154. The summed E-state index contributed by atoms with van der Waals surface area (Å²) in [7, 11) is 1.49. The van der Waals surface area contributed by atoms with Gasteiger partial charge >= 0.3 is 5.85 Å². The van der Waals surface area contributed by atoms with Crippen molar-refractivity contribution in [3.05, 3.63) is 93.3 Å². The lowest BCUT2D eigenvalue weighted by Crippen LogP contribution is -2.61. The van der Waals surface area contributed by atoms with Gasteiger partial charge in [0.2, 0.25) is 0 Å². The third-order valence-electron chi connectivity index (χ3n) is 6.24. The molecule has 3 aromatic rings. The van der Waals surface area contributed by atoms with E-state index in [0.29, 0.717) is 27.8 Å². The first-order chi connectivity index (χ1) is 17.0. The molecule has 0 saturated carbocycles. The number of rotatable bonds is 3. The van der Waals surface area contributed by atoms with E-state index in [2.05, 4.69) is 5.32 Å².